The number of rotatable bonds is 7. The highest BCUT2D eigenvalue weighted by molar-refractivity contribution is 5.91. The maximum absolute atomic E-state index is 5.50. The molecule has 0 unspecified atom stereocenters. The van der Waals surface area contributed by atoms with Gasteiger partial charge in [-0.2, -0.15) is 4.73 Å². The van der Waals surface area contributed by atoms with Gasteiger partial charge >= 0.3 is 5.65 Å². The number of imidazole rings is 1. The number of allylic oxidation sites excluding steroid dienone is 2. The quantitative estimate of drug-likeness (QED) is 0.288. The Balaban J connectivity index is 1.75. The SMILES string of the molecule is C=CCn1c(C=Cc2cn(OC)c3ccccc23)[n+](CC=C)c2nc3ccccc3nc21. The van der Waals surface area contributed by atoms with Crippen molar-refractivity contribution in [2.45, 2.75) is 13.1 Å². The molecule has 0 N–H and O–H groups in total. The number of hydrogen-bond donors (Lipinski definition) is 0. The van der Waals surface area contributed by atoms with Gasteiger partial charge in [-0.05, 0) is 24.3 Å². The minimum absolute atomic E-state index is 0.618. The average Bonchev–Trinajstić information content (AvgIpc) is 3.32. The molecule has 0 saturated heterocycles. The molecule has 3 heterocycles. The van der Waals surface area contributed by atoms with Crippen molar-refractivity contribution in [3.8, 4) is 0 Å². The van der Waals surface area contributed by atoms with E-state index in [9.17, 15) is 0 Å². The average molecular weight is 423 g/mol. The molecule has 2 aromatic carbocycles. The predicted octanol–water partition coefficient (Wildman–Crippen LogP) is 4.43. The molecular formula is C26H24N5O+. The van der Waals surface area contributed by atoms with Gasteiger partial charge in [-0.3, -0.25) is 0 Å². The van der Waals surface area contributed by atoms with Crippen molar-refractivity contribution in [2.75, 3.05) is 7.11 Å². The summed E-state index contributed by atoms with van der Waals surface area (Å²) in [5.74, 6) is 0.976. The Bertz CT molecular complexity index is 1440. The van der Waals surface area contributed by atoms with Crippen LogP contribution in [0, 0.1) is 0 Å². The highest BCUT2D eigenvalue weighted by Crippen LogP contribution is 2.23. The fourth-order valence-electron chi connectivity index (χ4n) is 4.13. The molecule has 158 valence electrons. The van der Waals surface area contributed by atoms with Crippen LogP contribution in [-0.4, -0.2) is 26.4 Å². The zero-order valence-corrected chi connectivity index (χ0v) is 18.0. The summed E-state index contributed by atoms with van der Waals surface area (Å²) in [6.45, 7) is 9.14. The summed E-state index contributed by atoms with van der Waals surface area (Å²) < 4.78 is 6.05. The van der Waals surface area contributed by atoms with Crippen LogP contribution in [0.2, 0.25) is 0 Å². The number of nitrogens with zero attached hydrogens (tertiary/aromatic N) is 5. The second-order valence-electron chi connectivity index (χ2n) is 7.46. The minimum Gasteiger partial charge on any atom is -0.417 e. The van der Waals surface area contributed by atoms with E-state index in [1.54, 1.807) is 11.8 Å². The molecule has 0 aliphatic rings. The van der Waals surface area contributed by atoms with Crippen molar-refractivity contribution in [1.82, 2.24) is 19.3 Å². The fourth-order valence-corrected chi connectivity index (χ4v) is 4.13. The van der Waals surface area contributed by atoms with E-state index >= 15 is 0 Å². The van der Waals surface area contributed by atoms with Crippen LogP contribution in [0.5, 0.6) is 0 Å². The molecule has 6 nitrogen and oxygen atoms in total. The Morgan fingerprint density at radius 2 is 1.72 bits per heavy atom. The summed E-state index contributed by atoms with van der Waals surface area (Å²) in [5.41, 5.74) is 5.47. The smallest absolute Gasteiger partial charge is 0.323 e. The van der Waals surface area contributed by atoms with Gasteiger partial charge in [0.25, 0.3) is 5.65 Å². The van der Waals surface area contributed by atoms with Gasteiger partial charge in [-0.1, -0.05) is 60.6 Å². The van der Waals surface area contributed by atoms with E-state index in [-0.39, 0.29) is 0 Å². The Morgan fingerprint density at radius 1 is 0.969 bits per heavy atom. The molecule has 0 saturated carbocycles. The van der Waals surface area contributed by atoms with Crippen molar-refractivity contribution >= 4 is 45.4 Å². The van der Waals surface area contributed by atoms with E-state index in [0.29, 0.717) is 13.1 Å². The molecule has 6 heteroatoms. The van der Waals surface area contributed by atoms with Gasteiger partial charge in [0.15, 0.2) is 5.52 Å². The lowest BCUT2D eigenvalue weighted by atomic mass is 10.1. The molecule has 3 aromatic heterocycles. The summed E-state index contributed by atoms with van der Waals surface area (Å²) in [4.78, 5) is 15.3. The Kier molecular flexibility index (Phi) is 5.03. The van der Waals surface area contributed by atoms with Crippen LogP contribution in [0.25, 0.3) is 45.4 Å². The molecule has 5 aromatic rings. The van der Waals surface area contributed by atoms with Crippen molar-refractivity contribution < 1.29 is 9.40 Å². The Morgan fingerprint density at radius 3 is 2.47 bits per heavy atom. The van der Waals surface area contributed by atoms with Gasteiger partial charge < -0.3 is 4.84 Å². The third-order valence-electron chi connectivity index (χ3n) is 5.54. The van der Waals surface area contributed by atoms with Crippen molar-refractivity contribution in [1.29, 1.82) is 0 Å². The molecule has 0 atom stereocenters. The van der Waals surface area contributed by atoms with Crippen LogP contribution in [-0.2, 0) is 13.1 Å². The van der Waals surface area contributed by atoms with Gasteiger partial charge in [0.1, 0.15) is 12.6 Å². The normalized spacial score (nSPS) is 11.7. The van der Waals surface area contributed by atoms with Gasteiger partial charge in [0.05, 0.1) is 24.8 Å². The molecule has 0 amide bonds. The van der Waals surface area contributed by atoms with E-state index in [1.165, 1.54) is 0 Å². The maximum Gasteiger partial charge on any atom is 0.323 e. The van der Waals surface area contributed by atoms with Crippen LogP contribution in [0.15, 0.2) is 80.0 Å². The summed E-state index contributed by atoms with van der Waals surface area (Å²) in [5, 5.41) is 1.12. The molecule has 0 bridgehead atoms. The van der Waals surface area contributed by atoms with E-state index in [2.05, 4.69) is 40.5 Å². The number of fused-ring (bicyclic) bond motifs is 3. The first-order valence-electron chi connectivity index (χ1n) is 10.5. The third-order valence-corrected chi connectivity index (χ3v) is 5.54. The zero-order chi connectivity index (χ0) is 22.1. The molecule has 0 radical (unpaired) electrons. The molecule has 32 heavy (non-hydrogen) atoms. The lowest BCUT2D eigenvalue weighted by Gasteiger charge is -2.00. The molecule has 0 fully saturated rings. The Labute approximate surface area is 186 Å². The second kappa shape index (κ2) is 8.15. The van der Waals surface area contributed by atoms with Gasteiger partial charge in [-0.15, -0.1) is 0 Å². The first-order valence-corrected chi connectivity index (χ1v) is 10.5. The molecular weight excluding hydrogens is 398 g/mol. The monoisotopic (exact) mass is 422 g/mol. The van der Waals surface area contributed by atoms with Crippen LogP contribution in [0.4, 0.5) is 0 Å². The lowest BCUT2D eigenvalue weighted by molar-refractivity contribution is -0.665. The van der Waals surface area contributed by atoms with Crippen molar-refractivity contribution in [3.05, 3.63) is 91.4 Å². The van der Waals surface area contributed by atoms with Crippen molar-refractivity contribution in [3.63, 3.8) is 0 Å². The van der Waals surface area contributed by atoms with Gasteiger partial charge in [0, 0.05) is 17.0 Å². The Hall–Kier alpha value is -4.19. The second-order valence-corrected chi connectivity index (χ2v) is 7.46. The largest absolute Gasteiger partial charge is 0.417 e. The van der Waals surface area contributed by atoms with Crippen LogP contribution >= 0.6 is 0 Å². The highest BCUT2D eigenvalue weighted by Gasteiger charge is 2.24. The van der Waals surface area contributed by atoms with Crippen LogP contribution < -0.4 is 9.40 Å². The maximum atomic E-state index is 5.50. The standard InChI is InChI=1S/C26H24N5O/c1-4-16-29-24(15-14-19-18-31(32-3)23-13-9-6-10-20(19)23)30(17-5-2)26-25(29)27-21-11-7-8-12-22(21)28-26/h4-15,18H,1-2,16-17H2,3H3/q+1. The number of hydrogen-bond acceptors (Lipinski definition) is 3. The number of aromatic nitrogens is 5. The first-order chi connectivity index (χ1) is 15.7. The van der Waals surface area contributed by atoms with E-state index in [1.807, 2.05) is 60.8 Å². The summed E-state index contributed by atoms with van der Waals surface area (Å²) in [6.07, 6.45) is 9.95. The highest BCUT2D eigenvalue weighted by atomic mass is 16.6. The van der Waals surface area contributed by atoms with Crippen LogP contribution in [0.3, 0.4) is 0 Å². The molecule has 5 rings (SSSR count). The predicted molar refractivity (Wildman–Crippen MR) is 129 cm³/mol. The number of benzene rings is 2. The van der Waals surface area contributed by atoms with Gasteiger partial charge in [0.2, 0.25) is 5.82 Å². The zero-order valence-electron chi connectivity index (χ0n) is 18.0. The minimum atomic E-state index is 0.618. The first kappa shape index (κ1) is 19.8. The fraction of sp³-hybridized carbons (Fsp3) is 0.115. The number of para-hydroxylation sites is 3. The topological polar surface area (TPSA) is 48.8 Å². The molecule has 0 aliphatic carbocycles. The molecule has 0 spiro atoms. The van der Waals surface area contributed by atoms with E-state index in [0.717, 1.165) is 44.6 Å². The lowest BCUT2D eigenvalue weighted by Crippen LogP contribution is -2.36. The summed E-state index contributed by atoms with van der Waals surface area (Å²) in [7, 11) is 1.67. The summed E-state index contributed by atoms with van der Waals surface area (Å²) in [6, 6.07) is 16.1. The van der Waals surface area contributed by atoms with E-state index in [4.69, 9.17) is 14.8 Å². The van der Waals surface area contributed by atoms with E-state index < -0.39 is 0 Å². The molecule has 0 aliphatic heterocycles. The summed E-state index contributed by atoms with van der Waals surface area (Å²) >= 11 is 0. The van der Waals surface area contributed by atoms with Crippen LogP contribution in [0.1, 0.15) is 11.4 Å². The van der Waals surface area contributed by atoms with Crippen molar-refractivity contribution in [2.24, 2.45) is 0 Å². The third kappa shape index (κ3) is 3.17. The van der Waals surface area contributed by atoms with Gasteiger partial charge in [-0.25, -0.2) is 14.1 Å².